The molecule has 0 aromatic rings. The van der Waals surface area contributed by atoms with E-state index in [1.807, 2.05) is 0 Å². The van der Waals surface area contributed by atoms with E-state index in [4.69, 9.17) is 5.11 Å². The third kappa shape index (κ3) is 2.95. The lowest BCUT2D eigenvalue weighted by Gasteiger charge is -2.18. The van der Waals surface area contributed by atoms with E-state index < -0.39 is 29.4 Å². The van der Waals surface area contributed by atoms with Crippen molar-refractivity contribution in [2.24, 2.45) is 5.92 Å². The van der Waals surface area contributed by atoms with Crippen LogP contribution in [0.1, 0.15) is 12.8 Å². The average Bonchev–Trinajstić information content (AvgIpc) is 2.14. The summed E-state index contributed by atoms with van der Waals surface area (Å²) in [5.41, 5.74) is -1.22. The molecule has 0 aromatic carbocycles. The van der Waals surface area contributed by atoms with Crippen molar-refractivity contribution in [3.05, 3.63) is 23.8 Å². The van der Waals surface area contributed by atoms with E-state index in [0.29, 0.717) is 6.08 Å². The molecule has 16 heavy (non-hydrogen) atoms. The summed E-state index contributed by atoms with van der Waals surface area (Å²) in [7, 11) is 0. The van der Waals surface area contributed by atoms with Gasteiger partial charge in [0.2, 0.25) is 0 Å². The molecule has 0 saturated heterocycles. The summed E-state index contributed by atoms with van der Waals surface area (Å²) in [5, 5.41) is 8.38. The minimum atomic E-state index is -4.68. The Bertz CT molecular complexity index is 366. The lowest BCUT2D eigenvalue weighted by atomic mass is 9.89. The molecule has 1 atom stereocenters. The van der Waals surface area contributed by atoms with Gasteiger partial charge in [-0.05, 0) is 12.5 Å². The molecule has 1 rings (SSSR count). The van der Waals surface area contributed by atoms with Gasteiger partial charge in [-0.1, -0.05) is 12.2 Å². The molecule has 1 unspecified atom stereocenters. The predicted molar refractivity (Wildman–Crippen MR) is 48.6 cm³/mol. The van der Waals surface area contributed by atoms with Crippen LogP contribution < -0.4 is 0 Å². The van der Waals surface area contributed by atoms with E-state index in [-0.39, 0.29) is 12.8 Å². The monoisotopic (exact) mass is 234 g/mol. The Balaban J connectivity index is 2.75. The number of rotatable bonds is 3. The van der Waals surface area contributed by atoms with Crippen molar-refractivity contribution in [3.8, 4) is 0 Å². The van der Waals surface area contributed by atoms with Crippen LogP contribution in [-0.2, 0) is 9.59 Å². The maximum atomic E-state index is 12.3. The molecule has 3 nitrogen and oxygen atoms in total. The number of allylic oxidation sites excluding steroid dienone is 4. The van der Waals surface area contributed by atoms with Crippen molar-refractivity contribution in [1.29, 1.82) is 0 Å². The molecule has 0 heterocycles. The normalized spacial score (nSPS) is 20.8. The molecule has 0 bridgehead atoms. The number of hydrogen-bond acceptors (Lipinski definition) is 2. The smallest absolute Gasteiger partial charge is 0.419 e. The number of carbonyl (C=O) groups is 2. The Morgan fingerprint density at radius 1 is 1.44 bits per heavy atom. The van der Waals surface area contributed by atoms with Crippen LogP contribution in [0.5, 0.6) is 0 Å². The molecular weight excluding hydrogens is 225 g/mol. The molecule has 0 radical (unpaired) electrons. The van der Waals surface area contributed by atoms with Crippen LogP contribution in [0, 0.1) is 5.92 Å². The summed E-state index contributed by atoms with van der Waals surface area (Å²) in [6.45, 7) is 0. The van der Waals surface area contributed by atoms with Gasteiger partial charge in [0.15, 0.2) is 5.78 Å². The SMILES string of the molecule is O=C(O)CCC1C=CC=C(C(F)(F)F)C1=O. The number of Topliss-reactive ketones (excluding diaryl/α,β-unsaturated/α-hetero) is 1. The summed E-state index contributed by atoms with van der Waals surface area (Å²) >= 11 is 0. The Labute approximate surface area is 89.3 Å². The highest BCUT2D eigenvalue weighted by Crippen LogP contribution is 2.32. The number of halogens is 3. The molecular formula is C10H9F3O3. The zero-order chi connectivity index (χ0) is 12.3. The fourth-order valence-electron chi connectivity index (χ4n) is 1.40. The van der Waals surface area contributed by atoms with Crippen molar-refractivity contribution in [1.82, 2.24) is 0 Å². The molecule has 6 heteroatoms. The maximum absolute atomic E-state index is 12.3. The second-order valence-corrected chi connectivity index (χ2v) is 3.37. The number of carbonyl (C=O) groups excluding carboxylic acids is 1. The van der Waals surface area contributed by atoms with E-state index in [1.165, 1.54) is 6.08 Å². The van der Waals surface area contributed by atoms with Gasteiger partial charge < -0.3 is 5.11 Å². The third-order valence-electron chi connectivity index (χ3n) is 2.18. The van der Waals surface area contributed by atoms with Crippen molar-refractivity contribution in [3.63, 3.8) is 0 Å². The first-order chi connectivity index (χ1) is 7.32. The fourth-order valence-corrected chi connectivity index (χ4v) is 1.40. The molecule has 1 aliphatic rings. The van der Waals surface area contributed by atoms with Gasteiger partial charge >= 0.3 is 12.1 Å². The average molecular weight is 234 g/mol. The van der Waals surface area contributed by atoms with Gasteiger partial charge in [-0.15, -0.1) is 0 Å². The number of hydrogen-bond donors (Lipinski definition) is 1. The molecule has 0 saturated carbocycles. The minimum absolute atomic E-state index is 0.113. The fraction of sp³-hybridized carbons (Fsp3) is 0.400. The second kappa shape index (κ2) is 4.51. The summed E-state index contributed by atoms with van der Waals surface area (Å²) in [5.74, 6) is -3.18. The lowest BCUT2D eigenvalue weighted by Crippen LogP contribution is -2.27. The van der Waals surface area contributed by atoms with Gasteiger partial charge in [0.05, 0.1) is 5.57 Å². The first-order valence-corrected chi connectivity index (χ1v) is 4.54. The molecule has 88 valence electrons. The van der Waals surface area contributed by atoms with Crippen LogP contribution in [0.3, 0.4) is 0 Å². The van der Waals surface area contributed by atoms with Gasteiger partial charge in [0.1, 0.15) is 0 Å². The number of carboxylic acids is 1. The van der Waals surface area contributed by atoms with Crippen molar-refractivity contribution in [2.45, 2.75) is 19.0 Å². The van der Waals surface area contributed by atoms with E-state index in [0.717, 1.165) is 6.08 Å². The van der Waals surface area contributed by atoms with Gasteiger partial charge in [-0.25, -0.2) is 0 Å². The molecule has 0 aliphatic heterocycles. The maximum Gasteiger partial charge on any atom is 0.419 e. The Morgan fingerprint density at radius 3 is 2.56 bits per heavy atom. The molecule has 1 aliphatic carbocycles. The first-order valence-electron chi connectivity index (χ1n) is 4.54. The standard InChI is InChI=1S/C10H9F3O3/c11-10(12,13)7-3-1-2-6(9(7)16)4-5-8(14)15/h1-3,6H,4-5H2,(H,14,15). The highest BCUT2D eigenvalue weighted by molar-refractivity contribution is 6.00. The Kier molecular flexibility index (Phi) is 3.51. The number of alkyl halides is 3. The molecule has 0 amide bonds. The third-order valence-corrected chi connectivity index (χ3v) is 2.18. The summed E-state index contributed by atoms with van der Waals surface area (Å²) < 4.78 is 37.0. The second-order valence-electron chi connectivity index (χ2n) is 3.37. The zero-order valence-corrected chi connectivity index (χ0v) is 8.12. The number of aliphatic carboxylic acids is 1. The largest absolute Gasteiger partial charge is 0.481 e. The van der Waals surface area contributed by atoms with Crippen LogP contribution in [0.2, 0.25) is 0 Å². The molecule has 0 spiro atoms. The lowest BCUT2D eigenvalue weighted by molar-refractivity contribution is -0.137. The van der Waals surface area contributed by atoms with Gasteiger partial charge in [0, 0.05) is 12.3 Å². The minimum Gasteiger partial charge on any atom is -0.481 e. The van der Waals surface area contributed by atoms with E-state index in [9.17, 15) is 22.8 Å². The predicted octanol–water partition coefficient (Wildman–Crippen LogP) is 2.09. The Morgan fingerprint density at radius 2 is 2.06 bits per heavy atom. The van der Waals surface area contributed by atoms with E-state index in [1.54, 1.807) is 0 Å². The molecule has 0 fully saturated rings. The number of carboxylic acid groups (broad SMARTS) is 1. The first kappa shape index (κ1) is 12.5. The van der Waals surface area contributed by atoms with Crippen LogP contribution >= 0.6 is 0 Å². The summed E-state index contributed by atoms with van der Waals surface area (Å²) in [6, 6.07) is 0. The highest BCUT2D eigenvalue weighted by Gasteiger charge is 2.41. The van der Waals surface area contributed by atoms with Crippen LogP contribution in [0.25, 0.3) is 0 Å². The van der Waals surface area contributed by atoms with Crippen molar-refractivity contribution >= 4 is 11.8 Å². The highest BCUT2D eigenvalue weighted by atomic mass is 19.4. The topological polar surface area (TPSA) is 54.4 Å². The van der Waals surface area contributed by atoms with Gasteiger partial charge in [-0.3, -0.25) is 9.59 Å². The summed E-state index contributed by atoms with van der Waals surface area (Å²) in [6.07, 6.45) is -1.98. The molecule has 1 N–H and O–H groups in total. The number of ketones is 1. The quantitative estimate of drug-likeness (QED) is 0.813. The molecule has 0 aromatic heterocycles. The van der Waals surface area contributed by atoms with E-state index in [2.05, 4.69) is 0 Å². The van der Waals surface area contributed by atoms with Gasteiger partial charge in [0.25, 0.3) is 0 Å². The van der Waals surface area contributed by atoms with Crippen LogP contribution in [0.4, 0.5) is 13.2 Å². The van der Waals surface area contributed by atoms with Crippen LogP contribution in [0.15, 0.2) is 23.8 Å². The van der Waals surface area contributed by atoms with Crippen LogP contribution in [-0.4, -0.2) is 23.0 Å². The van der Waals surface area contributed by atoms with Crippen molar-refractivity contribution < 1.29 is 27.9 Å². The van der Waals surface area contributed by atoms with Crippen molar-refractivity contribution in [2.75, 3.05) is 0 Å². The van der Waals surface area contributed by atoms with E-state index >= 15 is 0 Å². The zero-order valence-electron chi connectivity index (χ0n) is 8.12. The van der Waals surface area contributed by atoms with Gasteiger partial charge in [-0.2, -0.15) is 13.2 Å². The summed E-state index contributed by atoms with van der Waals surface area (Å²) in [4.78, 5) is 21.6. The Hall–Kier alpha value is -1.59.